The van der Waals surface area contributed by atoms with Crippen molar-refractivity contribution in [1.82, 2.24) is 9.97 Å². The van der Waals surface area contributed by atoms with Gasteiger partial charge in [-0.1, -0.05) is 44.2 Å². The van der Waals surface area contributed by atoms with E-state index in [1.807, 2.05) is 43.5 Å². The summed E-state index contributed by atoms with van der Waals surface area (Å²) in [5.41, 5.74) is 3.46. The van der Waals surface area contributed by atoms with Gasteiger partial charge in [-0.3, -0.25) is 4.79 Å². The second-order valence-electron chi connectivity index (χ2n) is 7.48. The lowest BCUT2D eigenvalue weighted by atomic mass is 9.55. The first-order chi connectivity index (χ1) is 12.0. The molecule has 0 aliphatic heterocycles. The molecule has 0 radical (unpaired) electrons. The molecule has 1 fully saturated rings. The number of aliphatic hydroxyl groups is 1. The van der Waals surface area contributed by atoms with Gasteiger partial charge in [-0.25, -0.2) is 9.97 Å². The van der Waals surface area contributed by atoms with Gasteiger partial charge in [0.15, 0.2) is 11.6 Å². The summed E-state index contributed by atoms with van der Waals surface area (Å²) in [6.45, 7) is 4.17. The Labute approximate surface area is 147 Å². The lowest BCUT2D eigenvalue weighted by Gasteiger charge is -2.48. The number of carbonyl (C=O) groups excluding carboxylic acids is 1. The fraction of sp³-hybridized carbons (Fsp3) is 0.381. The lowest BCUT2D eigenvalue weighted by molar-refractivity contribution is -0.124. The van der Waals surface area contributed by atoms with E-state index in [1.54, 1.807) is 0 Å². The molecule has 4 rings (SSSR count). The first-order valence-electron chi connectivity index (χ1n) is 8.84. The number of hydrogen-bond donors (Lipinski definition) is 1. The minimum Gasteiger partial charge on any atom is -0.515 e. The number of rotatable bonds is 1. The van der Waals surface area contributed by atoms with E-state index in [0.29, 0.717) is 12.0 Å². The van der Waals surface area contributed by atoms with E-state index in [0.717, 1.165) is 41.7 Å². The quantitative estimate of drug-likeness (QED) is 0.632. The molecular weight excluding hydrogens is 312 g/mol. The highest BCUT2D eigenvalue weighted by molar-refractivity contribution is 5.98. The molecule has 3 atom stereocenters. The number of allylic oxidation sites excluding steroid dienone is 1. The Hall–Kier alpha value is -2.49. The Morgan fingerprint density at radius 2 is 2.04 bits per heavy atom. The number of carbonyl (C=O) groups is 1. The number of hydrogen-bond acceptors (Lipinski definition) is 4. The molecule has 4 nitrogen and oxygen atoms in total. The fourth-order valence-corrected chi connectivity index (χ4v) is 4.70. The molecule has 0 bridgehead atoms. The summed E-state index contributed by atoms with van der Waals surface area (Å²) in [7, 11) is 0. The highest BCUT2D eigenvalue weighted by Gasteiger charge is 2.51. The van der Waals surface area contributed by atoms with Crippen molar-refractivity contribution < 1.29 is 9.90 Å². The van der Waals surface area contributed by atoms with Crippen molar-refractivity contribution in [3.05, 3.63) is 59.6 Å². The Balaban J connectivity index is 1.85. The molecule has 1 N–H and O–H groups in total. The van der Waals surface area contributed by atoms with Crippen molar-refractivity contribution in [3.8, 4) is 11.4 Å². The highest BCUT2D eigenvalue weighted by Crippen LogP contribution is 2.51. The molecule has 128 valence electrons. The largest absolute Gasteiger partial charge is 0.515 e. The van der Waals surface area contributed by atoms with Crippen LogP contribution in [0.2, 0.25) is 0 Å². The van der Waals surface area contributed by atoms with Gasteiger partial charge >= 0.3 is 0 Å². The summed E-state index contributed by atoms with van der Waals surface area (Å²) in [5, 5.41) is 9.55. The molecule has 0 amide bonds. The van der Waals surface area contributed by atoms with Crippen LogP contribution in [0.25, 0.3) is 11.4 Å². The molecule has 0 spiro atoms. The van der Waals surface area contributed by atoms with E-state index in [1.165, 1.54) is 0 Å². The molecular formula is C21H22N2O2. The summed E-state index contributed by atoms with van der Waals surface area (Å²) < 4.78 is 0. The van der Waals surface area contributed by atoms with Gasteiger partial charge in [0.1, 0.15) is 0 Å². The molecule has 2 aliphatic rings. The van der Waals surface area contributed by atoms with Crippen molar-refractivity contribution in [2.24, 2.45) is 11.8 Å². The minimum atomic E-state index is -0.248. The molecule has 2 aromatic rings. The van der Waals surface area contributed by atoms with Gasteiger partial charge in [0.2, 0.25) is 0 Å². The molecule has 0 unspecified atom stereocenters. The molecule has 0 saturated heterocycles. The van der Waals surface area contributed by atoms with Gasteiger partial charge in [0.05, 0.1) is 12.0 Å². The lowest BCUT2D eigenvalue weighted by Crippen LogP contribution is -2.48. The van der Waals surface area contributed by atoms with Crippen molar-refractivity contribution in [2.75, 3.05) is 0 Å². The first-order valence-corrected chi connectivity index (χ1v) is 8.84. The smallest absolute Gasteiger partial charge is 0.165 e. The van der Waals surface area contributed by atoms with Crippen molar-refractivity contribution >= 4 is 5.78 Å². The number of ketones is 1. The zero-order chi connectivity index (χ0) is 17.6. The number of aromatic nitrogens is 2. The summed E-state index contributed by atoms with van der Waals surface area (Å²) in [4.78, 5) is 22.0. The van der Waals surface area contributed by atoms with Crippen LogP contribution >= 0.6 is 0 Å². The number of Topliss-reactive ketones (excluding diaryl/α,β-unsaturated/α-hetero) is 1. The van der Waals surface area contributed by atoms with E-state index in [-0.39, 0.29) is 23.0 Å². The summed E-state index contributed by atoms with van der Waals surface area (Å²) in [6.07, 6.45) is 5.34. The minimum absolute atomic E-state index is 0.0748. The molecule has 1 heterocycles. The number of benzene rings is 1. The second-order valence-corrected chi connectivity index (χ2v) is 7.48. The maximum Gasteiger partial charge on any atom is 0.165 e. The van der Waals surface area contributed by atoms with Gasteiger partial charge in [-0.2, -0.15) is 0 Å². The third kappa shape index (κ3) is 2.39. The van der Waals surface area contributed by atoms with E-state index in [2.05, 4.69) is 11.9 Å². The first kappa shape index (κ1) is 16.0. The number of fused-ring (bicyclic) bond motifs is 3. The highest BCUT2D eigenvalue weighted by atomic mass is 16.2. The van der Waals surface area contributed by atoms with E-state index in [4.69, 9.17) is 4.98 Å². The Kier molecular flexibility index (Phi) is 3.71. The van der Waals surface area contributed by atoms with Crippen molar-refractivity contribution in [3.63, 3.8) is 0 Å². The van der Waals surface area contributed by atoms with Crippen LogP contribution in [0.4, 0.5) is 0 Å². The summed E-state index contributed by atoms with van der Waals surface area (Å²) in [5.74, 6) is 0.946. The molecule has 4 heteroatoms. The fourth-order valence-electron chi connectivity index (χ4n) is 4.70. The van der Waals surface area contributed by atoms with Gasteiger partial charge in [0.25, 0.3) is 0 Å². The average molecular weight is 334 g/mol. The Bertz CT molecular complexity index is 859. The van der Waals surface area contributed by atoms with Crippen LogP contribution in [0.5, 0.6) is 0 Å². The van der Waals surface area contributed by atoms with Crippen molar-refractivity contribution in [2.45, 2.75) is 38.5 Å². The van der Waals surface area contributed by atoms with E-state index in [9.17, 15) is 9.90 Å². The topological polar surface area (TPSA) is 63.1 Å². The molecule has 1 aromatic carbocycles. The SMILES string of the molecule is C[C@@H]1C(=O)/C(=C\O)C[C@]2(C)c3nc(-c4ccccc4)ncc3CC[C@@H]12. The van der Waals surface area contributed by atoms with Gasteiger partial charge in [0, 0.05) is 28.7 Å². The number of aryl methyl sites for hydroxylation is 1. The second kappa shape index (κ2) is 5.80. The summed E-state index contributed by atoms with van der Waals surface area (Å²) in [6, 6.07) is 9.96. The molecule has 1 aromatic heterocycles. The summed E-state index contributed by atoms with van der Waals surface area (Å²) >= 11 is 0. The van der Waals surface area contributed by atoms with Gasteiger partial charge in [-0.05, 0) is 30.7 Å². The van der Waals surface area contributed by atoms with Gasteiger partial charge < -0.3 is 5.11 Å². The van der Waals surface area contributed by atoms with Crippen molar-refractivity contribution in [1.29, 1.82) is 0 Å². The van der Waals surface area contributed by atoms with Crippen LogP contribution in [0, 0.1) is 11.8 Å². The van der Waals surface area contributed by atoms with Crippen LogP contribution in [0.1, 0.15) is 37.9 Å². The van der Waals surface area contributed by atoms with Crippen LogP contribution in [0.15, 0.2) is 48.4 Å². The molecule has 2 aliphatic carbocycles. The Morgan fingerprint density at radius 1 is 1.28 bits per heavy atom. The predicted octanol–water partition coefficient (Wildman–Crippen LogP) is 4.01. The number of aliphatic hydroxyl groups excluding tert-OH is 1. The maximum atomic E-state index is 12.5. The Morgan fingerprint density at radius 3 is 2.76 bits per heavy atom. The van der Waals surface area contributed by atoms with Crippen LogP contribution in [-0.2, 0) is 16.6 Å². The average Bonchev–Trinajstić information content (AvgIpc) is 2.65. The monoisotopic (exact) mass is 334 g/mol. The third-order valence-electron chi connectivity index (χ3n) is 6.03. The van der Waals surface area contributed by atoms with Gasteiger partial charge in [-0.15, -0.1) is 0 Å². The predicted molar refractivity (Wildman–Crippen MR) is 96.1 cm³/mol. The number of nitrogens with zero attached hydrogens (tertiary/aromatic N) is 2. The van der Waals surface area contributed by atoms with E-state index < -0.39 is 0 Å². The third-order valence-corrected chi connectivity index (χ3v) is 6.03. The maximum absolute atomic E-state index is 12.5. The zero-order valence-corrected chi connectivity index (χ0v) is 14.6. The molecule has 25 heavy (non-hydrogen) atoms. The zero-order valence-electron chi connectivity index (χ0n) is 14.6. The van der Waals surface area contributed by atoms with E-state index >= 15 is 0 Å². The normalized spacial score (nSPS) is 30.0. The van der Waals surface area contributed by atoms with Crippen LogP contribution in [0.3, 0.4) is 0 Å². The van der Waals surface area contributed by atoms with Crippen LogP contribution < -0.4 is 0 Å². The molecule has 1 saturated carbocycles. The standard InChI is InChI=1S/C21H22N2O2/c1-13-17-9-8-15-11-22-20(14-6-4-3-5-7-14)23-19(15)21(17,2)10-16(12-24)18(13)25/h3-7,11-13,17,24H,8-10H2,1-2H3/b16-12-/t13-,17-,21-/m0/s1. The van der Waals surface area contributed by atoms with Crippen LogP contribution in [-0.4, -0.2) is 20.9 Å².